The number of carbonyl (C=O) groups is 1. The highest BCUT2D eigenvalue weighted by molar-refractivity contribution is 5.75. The Kier molecular flexibility index (Phi) is 3.81. The Balaban J connectivity index is 1.67. The van der Waals surface area contributed by atoms with E-state index >= 15 is 0 Å². The van der Waals surface area contributed by atoms with E-state index in [1.54, 1.807) is 0 Å². The van der Waals surface area contributed by atoms with Crippen LogP contribution in [0.25, 0.3) is 0 Å². The molecule has 0 atom stereocenters. The van der Waals surface area contributed by atoms with Crippen molar-refractivity contribution in [1.29, 1.82) is 0 Å². The average Bonchev–Trinajstić information content (AvgIpc) is 2.81. The van der Waals surface area contributed by atoms with Crippen LogP contribution < -0.4 is 10.6 Å². The number of piperidine rings is 1. The molecule has 16 heavy (non-hydrogen) atoms. The molecular formula is C9H16N6O. The van der Waals surface area contributed by atoms with Crippen molar-refractivity contribution in [1.82, 2.24) is 30.8 Å². The molecular weight excluding hydrogens is 208 g/mol. The van der Waals surface area contributed by atoms with Gasteiger partial charge in [-0.1, -0.05) is 0 Å². The maximum absolute atomic E-state index is 11.5. The Bertz CT molecular complexity index is 319. The quantitative estimate of drug-likeness (QED) is 0.670. The Morgan fingerprint density at radius 1 is 1.50 bits per heavy atom. The van der Waals surface area contributed by atoms with E-state index in [-0.39, 0.29) is 12.5 Å². The molecule has 1 aliphatic heterocycles. The summed E-state index contributed by atoms with van der Waals surface area (Å²) in [5.41, 5.74) is 0. The molecule has 7 heteroatoms. The highest BCUT2D eigenvalue weighted by Gasteiger charge is 2.13. The molecule has 1 fully saturated rings. The van der Waals surface area contributed by atoms with Crippen LogP contribution in [0.1, 0.15) is 12.8 Å². The van der Waals surface area contributed by atoms with Gasteiger partial charge in [0.05, 0.1) is 0 Å². The van der Waals surface area contributed by atoms with Crippen molar-refractivity contribution >= 4 is 5.91 Å². The van der Waals surface area contributed by atoms with Gasteiger partial charge in [-0.3, -0.25) is 4.79 Å². The Hall–Kier alpha value is -1.50. The summed E-state index contributed by atoms with van der Waals surface area (Å²) in [5, 5.41) is 16.8. The molecule has 2 rings (SSSR count). The lowest BCUT2D eigenvalue weighted by molar-refractivity contribution is -0.122. The average molecular weight is 224 g/mol. The third-order valence-corrected chi connectivity index (χ3v) is 2.74. The van der Waals surface area contributed by atoms with Crippen LogP contribution in [0, 0.1) is 5.92 Å². The van der Waals surface area contributed by atoms with Gasteiger partial charge in [0, 0.05) is 6.54 Å². The molecule has 2 N–H and O–H groups in total. The SMILES string of the molecule is O=C(Cn1cnnn1)NCC1CCNCC1. The lowest BCUT2D eigenvalue weighted by Gasteiger charge is -2.22. The Morgan fingerprint density at radius 3 is 3.00 bits per heavy atom. The molecule has 1 aromatic heterocycles. The first-order valence-corrected chi connectivity index (χ1v) is 5.53. The summed E-state index contributed by atoms with van der Waals surface area (Å²) < 4.78 is 1.41. The first-order valence-electron chi connectivity index (χ1n) is 5.53. The van der Waals surface area contributed by atoms with Crippen LogP contribution in [-0.4, -0.2) is 45.7 Å². The minimum absolute atomic E-state index is 0.0363. The van der Waals surface area contributed by atoms with Gasteiger partial charge in [-0.25, -0.2) is 4.68 Å². The van der Waals surface area contributed by atoms with E-state index in [0.29, 0.717) is 5.92 Å². The van der Waals surface area contributed by atoms with Gasteiger partial charge in [0.1, 0.15) is 12.9 Å². The van der Waals surface area contributed by atoms with E-state index in [1.807, 2.05) is 0 Å². The van der Waals surface area contributed by atoms with Crippen LogP contribution in [-0.2, 0) is 11.3 Å². The van der Waals surface area contributed by atoms with Crippen molar-refractivity contribution in [3.05, 3.63) is 6.33 Å². The monoisotopic (exact) mass is 224 g/mol. The Morgan fingerprint density at radius 2 is 2.31 bits per heavy atom. The summed E-state index contributed by atoms with van der Waals surface area (Å²) in [6.45, 7) is 3.04. The number of nitrogens with zero attached hydrogens (tertiary/aromatic N) is 4. The molecule has 1 saturated heterocycles. The zero-order valence-electron chi connectivity index (χ0n) is 9.09. The lowest BCUT2D eigenvalue weighted by atomic mass is 9.98. The van der Waals surface area contributed by atoms with Gasteiger partial charge in [0.2, 0.25) is 5.91 Å². The number of aromatic nitrogens is 4. The van der Waals surface area contributed by atoms with E-state index in [9.17, 15) is 4.79 Å². The fourth-order valence-electron chi connectivity index (χ4n) is 1.80. The van der Waals surface area contributed by atoms with Crippen molar-refractivity contribution in [2.75, 3.05) is 19.6 Å². The molecule has 0 spiro atoms. The van der Waals surface area contributed by atoms with E-state index in [4.69, 9.17) is 0 Å². The molecule has 0 saturated carbocycles. The predicted octanol–water partition coefficient (Wildman–Crippen LogP) is -1.21. The third-order valence-electron chi connectivity index (χ3n) is 2.74. The van der Waals surface area contributed by atoms with Crippen LogP contribution in [0.5, 0.6) is 0 Å². The van der Waals surface area contributed by atoms with Crippen molar-refractivity contribution in [2.45, 2.75) is 19.4 Å². The molecule has 7 nitrogen and oxygen atoms in total. The van der Waals surface area contributed by atoms with Crippen molar-refractivity contribution in [3.63, 3.8) is 0 Å². The predicted molar refractivity (Wildman–Crippen MR) is 56.4 cm³/mol. The van der Waals surface area contributed by atoms with Crippen LogP contribution in [0.2, 0.25) is 0 Å². The highest BCUT2D eigenvalue weighted by Crippen LogP contribution is 2.09. The summed E-state index contributed by atoms with van der Waals surface area (Å²) in [5.74, 6) is 0.560. The van der Waals surface area contributed by atoms with Gasteiger partial charge in [-0.05, 0) is 42.3 Å². The number of hydrogen-bond acceptors (Lipinski definition) is 5. The van der Waals surface area contributed by atoms with Gasteiger partial charge >= 0.3 is 0 Å². The molecule has 0 aliphatic carbocycles. The summed E-state index contributed by atoms with van der Waals surface area (Å²) in [7, 11) is 0. The summed E-state index contributed by atoms with van der Waals surface area (Å²) in [4.78, 5) is 11.5. The number of rotatable bonds is 4. The zero-order chi connectivity index (χ0) is 11.2. The second kappa shape index (κ2) is 5.55. The minimum atomic E-state index is -0.0363. The molecule has 0 bridgehead atoms. The summed E-state index contributed by atoms with van der Waals surface area (Å²) in [6.07, 6.45) is 3.69. The molecule has 2 heterocycles. The first kappa shape index (κ1) is 11.0. The number of carbonyl (C=O) groups excluding carboxylic acids is 1. The number of amides is 1. The zero-order valence-corrected chi connectivity index (χ0v) is 9.09. The van der Waals surface area contributed by atoms with E-state index in [0.717, 1.165) is 32.5 Å². The molecule has 1 aliphatic rings. The molecule has 0 unspecified atom stereocenters. The maximum Gasteiger partial charge on any atom is 0.241 e. The molecule has 0 radical (unpaired) electrons. The van der Waals surface area contributed by atoms with Gasteiger partial charge in [0.25, 0.3) is 0 Å². The van der Waals surface area contributed by atoms with E-state index in [1.165, 1.54) is 11.0 Å². The second-order valence-corrected chi connectivity index (χ2v) is 4.00. The molecule has 0 aromatic carbocycles. The van der Waals surface area contributed by atoms with Gasteiger partial charge in [0.15, 0.2) is 0 Å². The van der Waals surface area contributed by atoms with Crippen LogP contribution in [0.4, 0.5) is 0 Å². The van der Waals surface area contributed by atoms with E-state index in [2.05, 4.69) is 26.2 Å². The fraction of sp³-hybridized carbons (Fsp3) is 0.778. The number of tetrazole rings is 1. The number of nitrogens with one attached hydrogen (secondary N) is 2. The molecule has 88 valence electrons. The molecule has 1 aromatic rings. The number of hydrogen-bond donors (Lipinski definition) is 2. The highest BCUT2D eigenvalue weighted by atomic mass is 16.2. The summed E-state index contributed by atoms with van der Waals surface area (Å²) in [6, 6.07) is 0. The molecule has 1 amide bonds. The van der Waals surface area contributed by atoms with Crippen LogP contribution in [0.3, 0.4) is 0 Å². The first-order chi connectivity index (χ1) is 7.84. The van der Waals surface area contributed by atoms with Crippen LogP contribution in [0.15, 0.2) is 6.33 Å². The van der Waals surface area contributed by atoms with Gasteiger partial charge in [-0.2, -0.15) is 0 Å². The van der Waals surface area contributed by atoms with Crippen molar-refractivity contribution in [3.8, 4) is 0 Å². The van der Waals surface area contributed by atoms with Crippen molar-refractivity contribution < 1.29 is 4.79 Å². The smallest absolute Gasteiger partial charge is 0.241 e. The van der Waals surface area contributed by atoms with Gasteiger partial charge < -0.3 is 10.6 Å². The van der Waals surface area contributed by atoms with Gasteiger partial charge in [-0.15, -0.1) is 5.10 Å². The standard InChI is InChI=1S/C9H16N6O/c16-9(6-15-7-12-13-14-15)11-5-8-1-3-10-4-2-8/h7-8,10H,1-6H2,(H,11,16). The topological polar surface area (TPSA) is 84.7 Å². The van der Waals surface area contributed by atoms with Crippen molar-refractivity contribution in [2.24, 2.45) is 5.92 Å². The fourth-order valence-corrected chi connectivity index (χ4v) is 1.80. The second-order valence-electron chi connectivity index (χ2n) is 4.00. The maximum atomic E-state index is 11.5. The normalized spacial score (nSPS) is 17.2. The lowest BCUT2D eigenvalue weighted by Crippen LogP contribution is -2.37. The van der Waals surface area contributed by atoms with Crippen LogP contribution >= 0.6 is 0 Å². The largest absolute Gasteiger partial charge is 0.354 e. The van der Waals surface area contributed by atoms with E-state index < -0.39 is 0 Å². The Labute approximate surface area is 93.6 Å². The third kappa shape index (κ3) is 3.27. The minimum Gasteiger partial charge on any atom is -0.354 e. The summed E-state index contributed by atoms with van der Waals surface area (Å²) >= 11 is 0.